The average molecular weight is 321 g/mol. The van der Waals surface area contributed by atoms with Crippen molar-refractivity contribution >= 4 is 0 Å². The molecule has 134 valence electrons. The van der Waals surface area contributed by atoms with Gasteiger partial charge in [0, 0.05) is 7.11 Å². The van der Waals surface area contributed by atoms with Gasteiger partial charge in [0.2, 0.25) is 0 Å². The van der Waals surface area contributed by atoms with E-state index in [0.717, 1.165) is 29.6 Å². The molecule has 0 spiro atoms. The van der Waals surface area contributed by atoms with Gasteiger partial charge in [0.15, 0.2) is 0 Å². The summed E-state index contributed by atoms with van der Waals surface area (Å²) in [7, 11) is 1.95. The molecule has 1 heteroatoms. The molecule has 1 nitrogen and oxygen atoms in total. The summed E-state index contributed by atoms with van der Waals surface area (Å²) in [6.45, 7) is 2.40. The lowest BCUT2D eigenvalue weighted by molar-refractivity contribution is 0.00234. The largest absolute Gasteiger partial charge is 0.381 e. The maximum absolute atomic E-state index is 5.86. The Morgan fingerprint density at radius 3 is 2.39 bits per heavy atom. The second-order valence-corrected chi connectivity index (χ2v) is 8.98. The van der Waals surface area contributed by atoms with E-state index in [-0.39, 0.29) is 0 Å². The molecule has 0 amide bonds. The summed E-state index contributed by atoms with van der Waals surface area (Å²) in [5.41, 5.74) is 0. The minimum absolute atomic E-state index is 0.564. The summed E-state index contributed by atoms with van der Waals surface area (Å²) < 4.78 is 5.86. The van der Waals surface area contributed by atoms with Gasteiger partial charge in [-0.3, -0.25) is 0 Å². The highest BCUT2D eigenvalue weighted by Gasteiger charge is 2.37. The molecule has 6 atom stereocenters. The van der Waals surface area contributed by atoms with Gasteiger partial charge in [-0.15, -0.1) is 0 Å². The molecule has 3 saturated carbocycles. The number of hydrogen-bond acceptors (Lipinski definition) is 1. The van der Waals surface area contributed by atoms with Gasteiger partial charge in [0.05, 0.1) is 6.10 Å². The molecule has 3 fully saturated rings. The van der Waals surface area contributed by atoms with Gasteiger partial charge in [-0.25, -0.2) is 0 Å². The van der Waals surface area contributed by atoms with Crippen molar-refractivity contribution in [1.82, 2.24) is 0 Å². The number of hydrogen-bond donors (Lipinski definition) is 0. The number of ether oxygens (including phenoxy) is 1. The van der Waals surface area contributed by atoms with Crippen molar-refractivity contribution in [2.24, 2.45) is 29.6 Å². The molecule has 0 radical (unpaired) electrons. The molecule has 23 heavy (non-hydrogen) atoms. The predicted molar refractivity (Wildman–Crippen MR) is 98.6 cm³/mol. The first-order valence-corrected chi connectivity index (χ1v) is 10.8. The minimum Gasteiger partial charge on any atom is -0.381 e. The molecule has 0 saturated heterocycles. The molecule has 3 aliphatic carbocycles. The molecule has 0 aromatic heterocycles. The van der Waals surface area contributed by atoms with Crippen LogP contribution in [-0.4, -0.2) is 13.2 Å². The Morgan fingerprint density at radius 2 is 1.61 bits per heavy atom. The topological polar surface area (TPSA) is 9.23 Å². The van der Waals surface area contributed by atoms with E-state index >= 15 is 0 Å². The Bertz CT molecular complexity index is 339. The quantitative estimate of drug-likeness (QED) is 0.535. The lowest BCUT2D eigenvalue weighted by Crippen LogP contribution is -2.34. The van der Waals surface area contributed by atoms with Crippen LogP contribution in [0.1, 0.15) is 96.8 Å². The van der Waals surface area contributed by atoms with E-state index < -0.39 is 0 Å². The fourth-order valence-electron chi connectivity index (χ4n) is 6.40. The van der Waals surface area contributed by atoms with E-state index in [1.807, 2.05) is 7.11 Å². The SMILES string of the molecule is CCCC(CC1CCCCC1OC)C1CCC2CCCCC2C1. The van der Waals surface area contributed by atoms with E-state index in [9.17, 15) is 0 Å². The van der Waals surface area contributed by atoms with Crippen LogP contribution in [0.25, 0.3) is 0 Å². The standard InChI is InChI=1S/C22H40O/c1-3-8-18(16-21-11-6-7-12-22(21)23-2)20-14-13-17-9-4-5-10-19(17)15-20/h17-22H,3-16H2,1-2H3. The van der Waals surface area contributed by atoms with Crippen molar-refractivity contribution in [3.63, 3.8) is 0 Å². The Morgan fingerprint density at radius 1 is 0.870 bits per heavy atom. The van der Waals surface area contributed by atoms with Crippen molar-refractivity contribution in [1.29, 1.82) is 0 Å². The van der Waals surface area contributed by atoms with E-state index in [4.69, 9.17) is 4.74 Å². The van der Waals surface area contributed by atoms with Crippen LogP contribution in [0.4, 0.5) is 0 Å². The van der Waals surface area contributed by atoms with Crippen LogP contribution in [-0.2, 0) is 4.74 Å². The Kier molecular flexibility index (Phi) is 6.86. The molecule has 0 N–H and O–H groups in total. The highest BCUT2D eigenvalue weighted by atomic mass is 16.5. The van der Waals surface area contributed by atoms with Gasteiger partial charge in [-0.05, 0) is 68.1 Å². The third-order valence-corrected chi connectivity index (χ3v) is 7.65. The van der Waals surface area contributed by atoms with Crippen LogP contribution in [0.15, 0.2) is 0 Å². The van der Waals surface area contributed by atoms with Crippen molar-refractivity contribution in [3.8, 4) is 0 Å². The van der Waals surface area contributed by atoms with E-state index in [1.54, 1.807) is 25.7 Å². The third-order valence-electron chi connectivity index (χ3n) is 7.65. The zero-order valence-corrected chi connectivity index (χ0v) is 15.8. The summed E-state index contributed by atoms with van der Waals surface area (Å²) in [6.07, 6.45) is 21.2. The molecule has 3 aliphatic rings. The van der Waals surface area contributed by atoms with Gasteiger partial charge >= 0.3 is 0 Å². The maximum atomic E-state index is 5.86. The van der Waals surface area contributed by atoms with Crippen LogP contribution in [0.5, 0.6) is 0 Å². The van der Waals surface area contributed by atoms with E-state index in [2.05, 4.69) is 6.92 Å². The molecule has 0 heterocycles. The van der Waals surface area contributed by atoms with E-state index in [1.165, 1.54) is 64.2 Å². The molecular weight excluding hydrogens is 280 g/mol. The summed E-state index contributed by atoms with van der Waals surface area (Å²) in [5.74, 6) is 5.07. The fourth-order valence-corrected chi connectivity index (χ4v) is 6.40. The number of fused-ring (bicyclic) bond motifs is 1. The second kappa shape index (κ2) is 8.88. The Balaban J connectivity index is 1.59. The van der Waals surface area contributed by atoms with Gasteiger partial charge < -0.3 is 4.74 Å². The monoisotopic (exact) mass is 320 g/mol. The molecule has 0 aromatic rings. The molecule has 0 aliphatic heterocycles. The van der Waals surface area contributed by atoms with Crippen molar-refractivity contribution < 1.29 is 4.74 Å². The van der Waals surface area contributed by atoms with Crippen LogP contribution in [0, 0.1) is 29.6 Å². The Hall–Kier alpha value is -0.0400. The van der Waals surface area contributed by atoms with Gasteiger partial charge in [-0.1, -0.05) is 58.3 Å². The second-order valence-electron chi connectivity index (χ2n) is 8.98. The smallest absolute Gasteiger partial charge is 0.0599 e. The number of methoxy groups -OCH3 is 1. The van der Waals surface area contributed by atoms with Crippen LogP contribution < -0.4 is 0 Å². The predicted octanol–water partition coefficient (Wildman–Crippen LogP) is 6.60. The summed E-state index contributed by atoms with van der Waals surface area (Å²) in [4.78, 5) is 0. The van der Waals surface area contributed by atoms with Gasteiger partial charge in [-0.2, -0.15) is 0 Å². The summed E-state index contributed by atoms with van der Waals surface area (Å²) in [5, 5.41) is 0. The molecule has 3 rings (SSSR count). The highest BCUT2D eigenvalue weighted by molar-refractivity contribution is 4.88. The Labute approximate surface area is 144 Å². The van der Waals surface area contributed by atoms with Gasteiger partial charge in [0.25, 0.3) is 0 Å². The average Bonchev–Trinajstić information content (AvgIpc) is 2.61. The minimum atomic E-state index is 0.564. The van der Waals surface area contributed by atoms with Crippen LogP contribution in [0.2, 0.25) is 0 Å². The number of rotatable bonds is 6. The lowest BCUT2D eigenvalue weighted by Gasteiger charge is -2.43. The molecule has 0 aromatic carbocycles. The first kappa shape index (κ1) is 17.8. The molecule has 0 bridgehead atoms. The summed E-state index contributed by atoms with van der Waals surface area (Å²) >= 11 is 0. The van der Waals surface area contributed by atoms with Crippen molar-refractivity contribution in [3.05, 3.63) is 0 Å². The third kappa shape index (κ3) is 4.53. The van der Waals surface area contributed by atoms with Crippen LogP contribution in [0.3, 0.4) is 0 Å². The lowest BCUT2D eigenvalue weighted by atomic mass is 9.63. The normalized spacial score (nSPS) is 39.7. The van der Waals surface area contributed by atoms with E-state index in [0.29, 0.717) is 6.10 Å². The first-order valence-electron chi connectivity index (χ1n) is 10.8. The maximum Gasteiger partial charge on any atom is 0.0599 e. The van der Waals surface area contributed by atoms with Gasteiger partial charge in [0.1, 0.15) is 0 Å². The fraction of sp³-hybridized carbons (Fsp3) is 1.00. The van der Waals surface area contributed by atoms with Crippen LogP contribution >= 0.6 is 0 Å². The highest BCUT2D eigenvalue weighted by Crippen LogP contribution is 2.47. The summed E-state index contributed by atoms with van der Waals surface area (Å²) in [6, 6.07) is 0. The zero-order valence-electron chi connectivity index (χ0n) is 15.8. The first-order chi connectivity index (χ1) is 11.3. The molecule has 6 unspecified atom stereocenters. The molecular formula is C22H40O. The van der Waals surface area contributed by atoms with Crippen molar-refractivity contribution in [2.45, 2.75) is 103 Å². The zero-order chi connectivity index (χ0) is 16.1. The van der Waals surface area contributed by atoms with Crippen molar-refractivity contribution in [2.75, 3.05) is 7.11 Å².